The van der Waals surface area contributed by atoms with E-state index in [-0.39, 0.29) is 68.5 Å². The molecule has 0 aliphatic carbocycles. The summed E-state index contributed by atoms with van der Waals surface area (Å²) in [5, 5.41) is 0. The van der Waals surface area contributed by atoms with Gasteiger partial charge >= 0.3 is 51.4 Å². The molecule has 0 unspecified atom stereocenters. The zero-order chi connectivity index (χ0) is 22.2. The monoisotopic (exact) mass is 478 g/mol. The van der Waals surface area contributed by atoms with Crippen molar-refractivity contribution in [3.8, 4) is 5.75 Å². The average Bonchev–Trinajstić information content (AvgIpc) is 2.70. The number of ketones is 1. The third kappa shape index (κ3) is 14.9. The average molecular weight is 479 g/mol. The van der Waals surface area contributed by atoms with Crippen LogP contribution in [0.1, 0.15) is 114 Å². The van der Waals surface area contributed by atoms with Crippen molar-refractivity contribution in [1.82, 2.24) is 0 Å². The summed E-state index contributed by atoms with van der Waals surface area (Å²) in [5.74, 6) is -0.261. The first kappa shape index (κ1) is 31.2. The molecule has 0 spiro atoms. The van der Waals surface area contributed by atoms with Crippen molar-refractivity contribution in [2.75, 3.05) is 6.61 Å². The van der Waals surface area contributed by atoms with E-state index in [1.54, 1.807) is 0 Å². The van der Waals surface area contributed by atoms with E-state index in [4.69, 9.17) is 4.74 Å². The van der Waals surface area contributed by atoms with Gasteiger partial charge in [-0.2, -0.15) is 0 Å². The number of carbonyl (C=O) groups is 1. The van der Waals surface area contributed by atoms with E-state index in [0.29, 0.717) is 6.61 Å². The van der Waals surface area contributed by atoms with Gasteiger partial charge in [-0.25, -0.2) is 8.42 Å². The second kappa shape index (κ2) is 18.6. The summed E-state index contributed by atoms with van der Waals surface area (Å²) in [5.41, 5.74) is 0.188. The van der Waals surface area contributed by atoms with Crippen LogP contribution in [0.5, 0.6) is 5.75 Å². The largest absolute Gasteiger partial charge is 1.00 e. The van der Waals surface area contributed by atoms with Gasteiger partial charge in [0.25, 0.3) is 0 Å². The molecule has 0 N–H and O–H groups in total. The van der Waals surface area contributed by atoms with E-state index in [1.165, 1.54) is 89.7 Å². The molecule has 0 aliphatic rings. The van der Waals surface area contributed by atoms with E-state index >= 15 is 0 Å². The van der Waals surface area contributed by atoms with Crippen molar-refractivity contribution in [3.05, 3.63) is 23.8 Å². The van der Waals surface area contributed by atoms with Gasteiger partial charge in [0.2, 0.25) is 0 Å². The van der Waals surface area contributed by atoms with Crippen LogP contribution in [0.15, 0.2) is 23.1 Å². The molecule has 0 aromatic heterocycles. The van der Waals surface area contributed by atoms with Crippen LogP contribution in [0.4, 0.5) is 0 Å². The molecule has 1 aromatic carbocycles. The van der Waals surface area contributed by atoms with Crippen molar-refractivity contribution in [1.29, 1.82) is 0 Å². The quantitative estimate of drug-likeness (QED) is 0.139. The number of Topliss-reactive ketones (excluding diaryl/α,β-unsaturated/α-hetero) is 1. The van der Waals surface area contributed by atoms with Crippen LogP contribution in [0.25, 0.3) is 0 Å². The van der Waals surface area contributed by atoms with Gasteiger partial charge in [0, 0.05) is 5.56 Å². The number of carbonyl (C=O) groups excluding carboxylic acids is 1. The minimum Gasteiger partial charge on any atom is -0.744 e. The van der Waals surface area contributed by atoms with Gasteiger partial charge < -0.3 is 9.29 Å². The first-order chi connectivity index (χ1) is 14.4. The molecule has 0 saturated carbocycles. The molecule has 0 radical (unpaired) electrons. The van der Waals surface area contributed by atoms with Crippen LogP contribution < -0.4 is 56.1 Å². The predicted octanol–water partition coefficient (Wildman–Crippen LogP) is 3.66. The van der Waals surface area contributed by atoms with Crippen LogP contribution in [0, 0.1) is 0 Å². The van der Waals surface area contributed by atoms with Gasteiger partial charge in [0.15, 0.2) is 5.78 Å². The van der Waals surface area contributed by atoms with E-state index in [2.05, 4.69) is 6.92 Å². The topological polar surface area (TPSA) is 83.5 Å². The summed E-state index contributed by atoms with van der Waals surface area (Å²) in [7, 11) is -4.69. The van der Waals surface area contributed by atoms with Gasteiger partial charge in [0.05, 0.1) is 11.5 Å². The summed E-state index contributed by atoms with van der Waals surface area (Å²) in [4.78, 5) is 10.9. The minimum absolute atomic E-state index is 0. The molecular formula is C24H39KO5S. The molecule has 1 aromatic rings. The van der Waals surface area contributed by atoms with E-state index in [1.807, 2.05) is 0 Å². The Morgan fingerprint density at radius 3 is 1.71 bits per heavy atom. The van der Waals surface area contributed by atoms with Gasteiger partial charge in [-0.1, -0.05) is 90.4 Å². The van der Waals surface area contributed by atoms with Gasteiger partial charge in [-0.05, 0) is 31.5 Å². The Hall–Kier alpha value is 0.236. The smallest absolute Gasteiger partial charge is 0.744 e. The molecular weight excluding hydrogens is 439 g/mol. The number of hydrogen-bond donors (Lipinski definition) is 0. The maximum atomic E-state index is 11.4. The Bertz CT molecular complexity index is 719. The Morgan fingerprint density at radius 1 is 0.839 bits per heavy atom. The molecule has 31 heavy (non-hydrogen) atoms. The Kier molecular flexibility index (Phi) is 18.8. The van der Waals surface area contributed by atoms with Gasteiger partial charge in [-0.15, -0.1) is 0 Å². The molecule has 0 heterocycles. The van der Waals surface area contributed by atoms with E-state index in [9.17, 15) is 17.8 Å². The maximum Gasteiger partial charge on any atom is 1.00 e. The summed E-state index contributed by atoms with van der Waals surface area (Å²) >= 11 is 0. The molecule has 0 amide bonds. The van der Waals surface area contributed by atoms with Crippen LogP contribution in [-0.2, 0) is 10.1 Å². The van der Waals surface area contributed by atoms with Crippen LogP contribution >= 0.6 is 0 Å². The molecule has 0 atom stereocenters. The van der Waals surface area contributed by atoms with Crippen LogP contribution in [0.2, 0.25) is 0 Å². The van der Waals surface area contributed by atoms with Gasteiger partial charge in [-0.3, -0.25) is 4.79 Å². The molecule has 0 aliphatic heterocycles. The third-order valence-electron chi connectivity index (χ3n) is 5.38. The first-order valence-electron chi connectivity index (χ1n) is 11.6. The van der Waals surface area contributed by atoms with Crippen molar-refractivity contribution >= 4 is 15.9 Å². The van der Waals surface area contributed by atoms with Crippen LogP contribution in [-0.4, -0.2) is 25.4 Å². The molecule has 0 saturated heterocycles. The fourth-order valence-corrected chi connectivity index (χ4v) is 4.17. The summed E-state index contributed by atoms with van der Waals surface area (Å²) < 4.78 is 39.8. The predicted molar refractivity (Wildman–Crippen MR) is 120 cm³/mol. The molecule has 1 rings (SSSR count). The second-order valence-corrected chi connectivity index (χ2v) is 9.46. The van der Waals surface area contributed by atoms with E-state index < -0.39 is 15.0 Å². The number of hydrogen-bond acceptors (Lipinski definition) is 5. The maximum absolute atomic E-state index is 11.4. The Morgan fingerprint density at radius 2 is 1.29 bits per heavy atom. The number of rotatable bonds is 18. The molecule has 5 nitrogen and oxygen atoms in total. The fourth-order valence-electron chi connectivity index (χ4n) is 3.52. The third-order valence-corrected chi connectivity index (χ3v) is 6.23. The summed E-state index contributed by atoms with van der Waals surface area (Å²) in [6.45, 7) is 3.94. The number of benzene rings is 1. The number of ether oxygens (including phenoxy) is 1. The molecule has 7 heteroatoms. The van der Waals surface area contributed by atoms with Crippen molar-refractivity contribution in [2.45, 2.75) is 109 Å². The minimum atomic E-state index is -4.69. The zero-order valence-electron chi connectivity index (χ0n) is 19.8. The van der Waals surface area contributed by atoms with Crippen molar-refractivity contribution < 1.29 is 73.9 Å². The summed E-state index contributed by atoms with van der Waals surface area (Å²) in [6, 6.07) is 3.98. The van der Waals surface area contributed by atoms with E-state index in [0.717, 1.165) is 25.3 Å². The molecule has 0 bridgehead atoms. The fraction of sp³-hybridized carbons (Fsp3) is 0.708. The van der Waals surface area contributed by atoms with Crippen molar-refractivity contribution in [2.24, 2.45) is 0 Å². The Labute approximate surface area is 232 Å². The first-order valence-corrected chi connectivity index (χ1v) is 13.0. The standard InChI is InChI=1S/C24H40O5S.K/c1-3-4-5-6-7-8-9-10-11-12-13-14-15-16-19-29-23-18-17-22(21(2)25)20-24(23)30(26,27)28;/h17-18,20H,3-16,19H2,1-2H3,(H,26,27,28);/q;+1/p-1. The molecule has 0 fully saturated rings. The molecule has 172 valence electrons. The zero-order valence-corrected chi connectivity index (χ0v) is 23.7. The normalized spacial score (nSPS) is 11.2. The summed E-state index contributed by atoms with van der Waals surface area (Å²) in [6.07, 6.45) is 17.6. The number of unbranched alkanes of at least 4 members (excludes halogenated alkanes) is 13. The van der Waals surface area contributed by atoms with Gasteiger partial charge in [0.1, 0.15) is 15.9 Å². The SMILES string of the molecule is CCCCCCCCCCCCCCCCOc1ccc(C(C)=O)cc1S(=O)(=O)[O-].[K+]. The van der Waals surface area contributed by atoms with Crippen molar-refractivity contribution in [3.63, 3.8) is 0 Å². The Balaban J connectivity index is 0.00000900. The second-order valence-electron chi connectivity index (χ2n) is 8.12. The van der Waals surface area contributed by atoms with Crippen LogP contribution in [0.3, 0.4) is 0 Å².